The van der Waals surface area contributed by atoms with Crippen LogP contribution >= 0.6 is 0 Å². The highest BCUT2D eigenvalue weighted by Gasteiger charge is 2.60. The average Bonchev–Trinajstić information content (AvgIpc) is 3.25. The van der Waals surface area contributed by atoms with Gasteiger partial charge in [0, 0.05) is 5.54 Å². The van der Waals surface area contributed by atoms with Crippen LogP contribution in [0.25, 0.3) is 0 Å². The lowest BCUT2D eigenvalue weighted by Gasteiger charge is -2.53. The molecule has 1 heterocycles. The Hall–Kier alpha value is -1.06. The summed E-state index contributed by atoms with van der Waals surface area (Å²) in [7, 11) is 0. The molecule has 2 aliphatic carbocycles. The quantitative estimate of drug-likeness (QED) is 0.864. The molecule has 2 saturated carbocycles. The van der Waals surface area contributed by atoms with Crippen LogP contribution in [0, 0.1) is 17.8 Å². The molecule has 1 aliphatic heterocycles. The third kappa shape index (κ3) is 2.18. The smallest absolute Gasteiger partial charge is 0.249 e. The normalized spacial score (nSPS) is 34.4. The second-order valence-electron chi connectivity index (χ2n) is 8.26. The Bertz CT molecular complexity index is 477. The molecule has 2 amide bonds. The molecule has 3 aliphatic rings. The van der Waals surface area contributed by atoms with Crippen molar-refractivity contribution >= 4 is 11.8 Å². The fourth-order valence-corrected chi connectivity index (χ4v) is 4.02. The monoisotopic (exact) mass is 292 g/mol. The van der Waals surface area contributed by atoms with Gasteiger partial charge < -0.3 is 10.2 Å². The van der Waals surface area contributed by atoms with Crippen molar-refractivity contribution in [2.45, 2.75) is 77.4 Å². The highest BCUT2D eigenvalue weighted by Crippen LogP contribution is 2.49. The van der Waals surface area contributed by atoms with Gasteiger partial charge in [-0.15, -0.1) is 0 Å². The van der Waals surface area contributed by atoms with E-state index in [4.69, 9.17) is 0 Å². The minimum Gasteiger partial charge on any atom is -0.340 e. The summed E-state index contributed by atoms with van der Waals surface area (Å²) in [6, 6.07) is -0.333. The van der Waals surface area contributed by atoms with E-state index in [1.807, 2.05) is 25.7 Å². The fourth-order valence-electron chi connectivity index (χ4n) is 4.02. The zero-order valence-electron chi connectivity index (χ0n) is 13.9. The Morgan fingerprint density at radius 2 is 1.76 bits per heavy atom. The topological polar surface area (TPSA) is 49.4 Å². The summed E-state index contributed by atoms with van der Waals surface area (Å²) < 4.78 is 0. The molecule has 3 fully saturated rings. The van der Waals surface area contributed by atoms with E-state index < -0.39 is 5.54 Å². The van der Waals surface area contributed by atoms with Crippen LogP contribution in [0.15, 0.2) is 0 Å². The maximum Gasteiger partial charge on any atom is 0.249 e. The zero-order valence-corrected chi connectivity index (χ0v) is 13.9. The van der Waals surface area contributed by atoms with Gasteiger partial charge in [0.05, 0.1) is 0 Å². The Labute approximate surface area is 127 Å². The molecule has 0 spiro atoms. The molecular weight excluding hydrogens is 264 g/mol. The zero-order chi connectivity index (χ0) is 15.6. The van der Waals surface area contributed by atoms with Crippen molar-refractivity contribution in [3.8, 4) is 0 Å². The molecule has 1 saturated heterocycles. The molecular formula is C17H28N2O2. The molecule has 4 heteroatoms. The Kier molecular flexibility index (Phi) is 3.16. The van der Waals surface area contributed by atoms with E-state index in [2.05, 4.69) is 19.2 Å². The molecule has 1 N–H and O–H groups in total. The van der Waals surface area contributed by atoms with Crippen molar-refractivity contribution < 1.29 is 9.59 Å². The number of nitrogens with one attached hydrogen (secondary N) is 1. The summed E-state index contributed by atoms with van der Waals surface area (Å²) >= 11 is 0. The first-order chi connectivity index (χ1) is 9.69. The van der Waals surface area contributed by atoms with Crippen LogP contribution in [0.2, 0.25) is 0 Å². The highest BCUT2D eigenvalue weighted by molar-refractivity contribution is 6.00. The van der Waals surface area contributed by atoms with Crippen molar-refractivity contribution in [1.29, 1.82) is 0 Å². The number of hydrogen-bond donors (Lipinski definition) is 1. The largest absolute Gasteiger partial charge is 0.340 e. The van der Waals surface area contributed by atoms with Crippen LogP contribution in [-0.2, 0) is 9.59 Å². The van der Waals surface area contributed by atoms with E-state index in [0.717, 1.165) is 12.8 Å². The molecule has 3 rings (SSSR count). The number of carbonyl (C=O) groups is 2. The summed E-state index contributed by atoms with van der Waals surface area (Å²) in [6.45, 7) is 10.3. The minimum atomic E-state index is -0.686. The van der Waals surface area contributed by atoms with Gasteiger partial charge >= 0.3 is 0 Å². The highest BCUT2D eigenvalue weighted by atomic mass is 16.2. The molecule has 4 nitrogen and oxygen atoms in total. The number of rotatable bonds is 4. The van der Waals surface area contributed by atoms with Crippen LogP contribution < -0.4 is 5.32 Å². The molecule has 118 valence electrons. The third-order valence-electron chi connectivity index (χ3n) is 5.82. The van der Waals surface area contributed by atoms with E-state index in [-0.39, 0.29) is 29.3 Å². The Balaban J connectivity index is 2.00. The van der Waals surface area contributed by atoms with Gasteiger partial charge in [0.1, 0.15) is 11.6 Å². The number of amides is 2. The Morgan fingerprint density at radius 3 is 2.19 bits per heavy atom. The van der Waals surface area contributed by atoms with E-state index >= 15 is 0 Å². The van der Waals surface area contributed by atoms with Gasteiger partial charge in [0.15, 0.2) is 0 Å². The van der Waals surface area contributed by atoms with Gasteiger partial charge in [-0.2, -0.15) is 0 Å². The van der Waals surface area contributed by atoms with Gasteiger partial charge in [-0.3, -0.25) is 9.59 Å². The van der Waals surface area contributed by atoms with E-state index in [9.17, 15) is 9.59 Å². The molecule has 2 unspecified atom stereocenters. The summed E-state index contributed by atoms with van der Waals surface area (Å²) in [5, 5.41) is 3.07. The van der Waals surface area contributed by atoms with Crippen molar-refractivity contribution in [3.63, 3.8) is 0 Å². The molecule has 0 aromatic carbocycles. The second-order valence-corrected chi connectivity index (χ2v) is 8.26. The SMILES string of the molecule is CC(C)C1C(=O)NC(C)(C2CC2)C(=O)N1C(C)(C)C1CC1. The molecule has 0 aromatic heterocycles. The van der Waals surface area contributed by atoms with Crippen LogP contribution in [0.1, 0.15) is 60.3 Å². The van der Waals surface area contributed by atoms with E-state index in [0.29, 0.717) is 11.8 Å². The lowest BCUT2D eigenvalue weighted by atomic mass is 9.81. The lowest BCUT2D eigenvalue weighted by Crippen LogP contribution is -2.75. The second kappa shape index (κ2) is 4.47. The maximum atomic E-state index is 13.3. The first-order valence-corrected chi connectivity index (χ1v) is 8.35. The van der Waals surface area contributed by atoms with Crippen LogP contribution in [-0.4, -0.2) is 33.8 Å². The summed E-state index contributed by atoms with van der Waals surface area (Å²) in [4.78, 5) is 28.0. The molecule has 2 atom stereocenters. The molecule has 0 bridgehead atoms. The lowest BCUT2D eigenvalue weighted by molar-refractivity contribution is -0.165. The standard InChI is InChI=1S/C17H28N2O2/c1-10(2)13-14(20)18-17(5,12-8-9-12)15(21)19(13)16(3,4)11-6-7-11/h10-13H,6-9H2,1-5H3,(H,18,20). The van der Waals surface area contributed by atoms with Crippen LogP contribution in [0.4, 0.5) is 0 Å². The predicted molar refractivity (Wildman–Crippen MR) is 81.5 cm³/mol. The van der Waals surface area contributed by atoms with Gasteiger partial charge in [0.25, 0.3) is 0 Å². The summed E-state index contributed by atoms with van der Waals surface area (Å²) in [5.41, 5.74) is -0.908. The van der Waals surface area contributed by atoms with E-state index in [1.165, 1.54) is 12.8 Å². The third-order valence-corrected chi connectivity index (χ3v) is 5.82. The number of carbonyl (C=O) groups excluding carboxylic acids is 2. The fraction of sp³-hybridized carbons (Fsp3) is 0.882. The van der Waals surface area contributed by atoms with Crippen molar-refractivity contribution in [2.24, 2.45) is 17.8 Å². The van der Waals surface area contributed by atoms with Gasteiger partial charge in [0.2, 0.25) is 11.8 Å². The number of nitrogens with zero attached hydrogens (tertiary/aromatic N) is 1. The van der Waals surface area contributed by atoms with Gasteiger partial charge in [-0.05, 0) is 64.2 Å². The number of hydrogen-bond acceptors (Lipinski definition) is 2. The minimum absolute atomic E-state index is 0.0349. The summed E-state index contributed by atoms with van der Waals surface area (Å²) in [5.74, 6) is 1.17. The predicted octanol–water partition coefficient (Wildman–Crippen LogP) is 2.33. The molecule has 21 heavy (non-hydrogen) atoms. The summed E-state index contributed by atoms with van der Waals surface area (Å²) in [6.07, 6.45) is 4.44. The first kappa shape index (κ1) is 14.9. The van der Waals surface area contributed by atoms with Gasteiger partial charge in [-0.1, -0.05) is 13.8 Å². The van der Waals surface area contributed by atoms with Crippen molar-refractivity contribution in [2.75, 3.05) is 0 Å². The van der Waals surface area contributed by atoms with Crippen molar-refractivity contribution in [3.05, 3.63) is 0 Å². The molecule has 0 aromatic rings. The maximum absolute atomic E-state index is 13.3. The average molecular weight is 292 g/mol. The first-order valence-electron chi connectivity index (χ1n) is 8.35. The van der Waals surface area contributed by atoms with E-state index in [1.54, 1.807) is 0 Å². The van der Waals surface area contributed by atoms with Crippen LogP contribution in [0.5, 0.6) is 0 Å². The number of piperazine rings is 1. The van der Waals surface area contributed by atoms with Crippen molar-refractivity contribution in [1.82, 2.24) is 10.2 Å². The molecule has 0 radical (unpaired) electrons. The van der Waals surface area contributed by atoms with Gasteiger partial charge in [-0.25, -0.2) is 0 Å². The Morgan fingerprint density at radius 1 is 1.19 bits per heavy atom. The van der Waals surface area contributed by atoms with Crippen LogP contribution in [0.3, 0.4) is 0 Å².